The zero-order valence-corrected chi connectivity index (χ0v) is 20.9. The van der Waals surface area contributed by atoms with Crippen molar-refractivity contribution in [2.45, 2.75) is 52.7 Å². The van der Waals surface area contributed by atoms with Crippen LogP contribution in [0.15, 0.2) is 29.8 Å². The summed E-state index contributed by atoms with van der Waals surface area (Å²) in [4.78, 5) is 13.7. The molecule has 2 aromatic rings. The number of hydrogen-bond donors (Lipinski definition) is 3. The lowest BCUT2D eigenvalue weighted by Gasteiger charge is -2.42. The number of carbonyl (C=O) groups is 1. The minimum atomic E-state index is -0.723. The van der Waals surface area contributed by atoms with Crippen LogP contribution in [0.25, 0.3) is 0 Å². The minimum absolute atomic E-state index is 0.0771. The first-order chi connectivity index (χ1) is 15.9. The first-order valence-electron chi connectivity index (χ1n) is 11.2. The van der Waals surface area contributed by atoms with Crippen molar-refractivity contribution in [2.75, 3.05) is 20.8 Å². The summed E-state index contributed by atoms with van der Waals surface area (Å²) in [5, 5.41) is 32.3. The van der Waals surface area contributed by atoms with Gasteiger partial charge in [0, 0.05) is 19.8 Å². The molecule has 1 heterocycles. The zero-order valence-electron chi connectivity index (χ0n) is 20.9. The van der Waals surface area contributed by atoms with Gasteiger partial charge in [0.25, 0.3) is 0 Å². The van der Waals surface area contributed by atoms with Gasteiger partial charge < -0.3 is 29.5 Å². The molecule has 0 unspecified atom stereocenters. The molecule has 0 saturated heterocycles. The molecule has 0 aromatic heterocycles. The summed E-state index contributed by atoms with van der Waals surface area (Å²) >= 11 is 0. The van der Waals surface area contributed by atoms with Crippen molar-refractivity contribution in [1.82, 2.24) is 0 Å². The van der Waals surface area contributed by atoms with Crippen molar-refractivity contribution < 1.29 is 34.3 Å². The van der Waals surface area contributed by atoms with Gasteiger partial charge in [-0.2, -0.15) is 0 Å². The van der Waals surface area contributed by atoms with Crippen molar-refractivity contribution in [1.29, 1.82) is 0 Å². The number of benzene rings is 2. The van der Waals surface area contributed by atoms with Crippen molar-refractivity contribution >= 4 is 5.78 Å². The highest BCUT2D eigenvalue weighted by molar-refractivity contribution is 6.15. The van der Waals surface area contributed by atoms with Gasteiger partial charge in [-0.25, -0.2) is 0 Å². The van der Waals surface area contributed by atoms with Crippen molar-refractivity contribution in [3.05, 3.63) is 57.7 Å². The topological polar surface area (TPSA) is 105 Å². The average Bonchev–Trinajstić information content (AvgIpc) is 2.76. The van der Waals surface area contributed by atoms with E-state index in [9.17, 15) is 20.1 Å². The zero-order chi connectivity index (χ0) is 25.4. The van der Waals surface area contributed by atoms with E-state index in [2.05, 4.69) is 0 Å². The monoisotopic (exact) mass is 470 g/mol. The number of hydrogen-bond acceptors (Lipinski definition) is 7. The molecule has 7 heteroatoms. The molecule has 0 spiro atoms. The summed E-state index contributed by atoms with van der Waals surface area (Å²) in [5.74, 6) is -1.59. The summed E-state index contributed by atoms with van der Waals surface area (Å²) in [5.41, 5.74) is 1.74. The molecule has 0 saturated carbocycles. The van der Waals surface area contributed by atoms with E-state index in [0.29, 0.717) is 35.5 Å². The smallest absolute Gasteiger partial charge is 0.204 e. The van der Waals surface area contributed by atoms with Gasteiger partial charge in [0.2, 0.25) is 5.78 Å². The molecular weight excluding hydrogens is 436 g/mol. The lowest BCUT2D eigenvalue weighted by molar-refractivity contribution is -0.110. The van der Waals surface area contributed by atoms with Gasteiger partial charge in [-0.15, -0.1) is 0 Å². The van der Waals surface area contributed by atoms with Gasteiger partial charge in [0.1, 0.15) is 28.6 Å². The van der Waals surface area contributed by atoms with Gasteiger partial charge in [-0.3, -0.25) is 4.79 Å². The first-order valence-corrected chi connectivity index (χ1v) is 11.2. The molecule has 0 amide bonds. The Labute approximate surface area is 200 Å². The second-order valence-electron chi connectivity index (χ2n) is 9.54. The number of rotatable bonds is 7. The van der Waals surface area contributed by atoms with Crippen LogP contribution in [-0.4, -0.2) is 47.5 Å². The van der Waals surface area contributed by atoms with Crippen LogP contribution in [0.4, 0.5) is 0 Å². The number of methoxy groups -OCH3 is 2. The Morgan fingerprint density at radius 1 is 1.09 bits per heavy atom. The minimum Gasteiger partial charge on any atom is -0.507 e. The van der Waals surface area contributed by atoms with E-state index in [1.807, 2.05) is 33.8 Å². The van der Waals surface area contributed by atoms with Gasteiger partial charge in [0.15, 0.2) is 0 Å². The largest absolute Gasteiger partial charge is 0.507 e. The third kappa shape index (κ3) is 4.63. The number of aryl methyl sites for hydroxylation is 1. The highest BCUT2D eigenvalue weighted by Gasteiger charge is 2.45. The second kappa shape index (κ2) is 9.68. The number of fused-ring (bicyclic) bond motifs is 1. The molecule has 2 atom stereocenters. The van der Waals surface area contributed by atoms with Crippen LogP contribution in [0, 0.1) is 12.8 Å². The number of aromatic hydroxyl groups is 3. The number of ether oxygens (including phenoxy) is 3. The molecule has 184 valence electrons. The Balaban J connectivity index is 2.19. The normalized spacial score (nSPS) is 17.6. The van der Waals surface area contributed by atoms with E-state index < -0.39 is 17.5 Å². The maximum Gasteiger partial charge on any atom is 0.204 e. The van der Waals surface area contributed by atoms with Crippen LogP contribution in [0.1, 0.15) is 66.4 Å². The van der Waals surface area contributed by atoms with Crippen molar-refractivity contribution in [2.24, 2.45) is 5.92 Å². The quantitative estimate of drug-likeness (QED) is 0.387. The Hall–Kier alpha value is -3.03. The third-order valence-electron chi connectivity index (χ3n) is 6.57. The van der Waals surface area contributed by atoms with Crippen LogP contribution in [0.3, 0.4) is 0 Å². The summed E-state index contributed by atoms with van der Waals surface area (Å²) in [6.45, 7) is 9.77. The fourth-order valence-electron chi connectivity index (χ4n) is 4.43. The fraction of sp³-hybridized carbons (Fsp3) is 0.444. The molecule has 2 aromatic carbocycles. The Morgan fingerprint density at radius 2 is 1.68 bits per heavy atom. The van der Waals surface area contributed by atoms with E-state index >= 15 is 0 Å². The molecule has 1 aliphatic rings. The highest BCUT2D eigenvalue weighted by atomic mass is 16.5. The molecule has 3 N–H and O–H groups in total. The molecular formula is C27H34O7. The fourth-order valence-corrected chi connectivity index (χ4v) is 4.43. The highest BCUT2D eigenvalue weighted by Crippen LogP contribution is 2.49. The molecule has 34 heavy (non-hydrogen) atoms. The van der Waals surface area contributed by atoms with E-state index in [4.69, 9.17) is 14.2 Å². The van der Waals surface area contributed by atoms with Gasteiger partial charge in [0.05, 0.1) is 29.8 Å². The van der Waals surface area contributed by atoms with E-state index in [-0.39, 0.29) is 34.3 Å². The summed E-state index contributed by atoms with van der Waals surface area (Å²) < 4.78 is 17.6. The van der Waals surface area contributed by atoms with E-state index in [1.54, 1.807) is 14.0 Å². The second-order valence-corrected chi connectivity index (χ2v) is 9.54. The SMILES string of the molecule is CO[C@H]1c2c(c(C)cc(O)c2C(=O)c2c(O)cc(CC=C(C)C)cc2O)OC[C@@H]1C(C)(C)OC. The van der Waals surface area contributed by atoms with Crippen molar-refractivity contribution in [3.63, 3.8) is 0 Å². The molecule has 0 bridgehead atoms. The lowest BCUT2D eigenvalue weighted by Crippen LogP contribution is -2.44. The Morgan fingerprint density at radius 3 is 2.21 bits per heavy atom. The average molecular weight is 471 g/mol. The molecule has 0 aliphatic carbocycles. The van der Waals surface area contributed by atoms with E-state index in [1.165, 1.54) is 25.3 Å². The third-order valence-corrected chi connectivity index (χ3v) is 6.57. The molecule has 3 rings (SSSR count). The maximum absolute atomic E-state index is 13.7. The van der Waals surface area contributed by atoms with Gasteiger partial charge in [-0.05, 0) is 70.4 Å². The number of allylic oxidation sites excluding steroid dienone is 2. The van der Waals surface area contributed by atoms with Crippen LogP contribution < -0.4 is 4.74 Å². The summed E-state index contributed by atoms with van der Waals surface area (Å²) in [6, 6.07) is 4.34. The van der Waals surface area contributed by atoms with Crippen LogP contribution in [-0.2, 0) is 15.9 Å². The maximum atomic E-state index is 13.7. The van der Waals surface area contributed by atoms with Crippen LogP contribution in [0.5, 0.6) is 23.0 Å². The van der Waals surface area contributed by atoms with Crippen molar-refractivity contribution in [3.8, 4) is 23.0 Å². The standard InChI is InChI=1S/C27H34O7/c1-14(2)8-9-16-11-19(29)21(20(30)12-16)24(31)22-18(28)10-15(3)25-23(22)26(32-6)17(13-34-25)27(4,5)33-7/h8,10-12,17,26,28-30H,9,13H2,1-7H3/t17-,26+/m0/s1. The lowest BCUT2D eigenvalue weighted by atomic mass is 9.78. The number of phenolic OH excluding ortho intramolecular Hbond substituents is 3. The number of phenols is 3. The first kappa shape index (κ1) is 25.6. The van der Waals surface area contributed by atoms with Crippen LogP contribution >= 0.6 is 0 Å². The molecule has 0 radical (unpaired) electrons. The summed E-state index contributed by atoms with van der Waals surface area (Å²) in [6.07, 6.45) is 1.82. The van der Waals surface area contributed by atoms with E-state index in [0.717, 1.165) is 5.57 Å². The van der Waals surface area contributed by atoms with Gasteiger partial charge in [-0.1, -0.05) is 11.6 Å². The molecule has 1 aliphatic heterocycles. The molecule has 7 nitrogen and oxygen atoms in total. The van der Waals surface area contributed by atoms with Crippen LogP contribution in [0.2, 0.25) is 0 Å². The Kier molecular flexibility index (Phi) is 7.29. The number of carbonyl (C=O) groups excluding carboxylic acids is 1. The predicted molar refractivity (Wildman–Crippen MR) is 129 cm³/mol. The predicted octanol–water partition coefficient (Wildman–Crippen LogP) is 4.97. The summed E-state index contributed by atoms with van der Waals surface area (Å²) in [7, 11) is 3.12. The molecule has 0 fully saturated rings. The number of ketones is 1. The Bertz CT molecular complexity index is 1100. The van der Waals surface area contributed by atoms with Gasteiger partial charge >= 0.3 is 0 Å².